The highest BCUT2D eigenvalue weighted by atomic mass is 32.1. The van der Waals surface area contributed by atoms with E-state index in [1.165, 1.54) is 36.2 Å². The maximum Gasteiger partial charge on any atom is 0.315 e. The van der Waals surface area contributed by atoms with Gasteiger partial charge in [0.15, 0.2) is 0 Å². The number of thiazole rings is 1. The van der Waals surface area contributed by atoms with Crippen LogP contribution in [0.1, 0.15) is 98.6 Å². The molecule has 2 aromatic rings. The molecule has 2 aliphatic carbocycles. The van der Waals surface area contributed by atoms with Gasteiger partial charge in [0.2, 0.25) is 0 Å². The van der Waals surface area contributed by atoms with Gasteiger partial charge in [-0.05, 0) is 49.3 Å². The summed E-state index contributed by atoms with van der Waals surface area (Å²) in [5.74, 6) is 1.08. The van der Waals surface area contributed by atoms with E-state index in [2.05, 4.69) is 46.9 Å². The Hall–Kier alpha value is -2.61. The van der Waals surface area contributed by atoms with Gasteiger partial charge in [0.05, 0.1) is 6.04 Å². The van der Waals surface area contributed by atoms with Crippen molar-refractivity contribution in [2.24, 2.45) is 0 Å². The molecule has 4 rings (SSSR count). The van der Waals surface area contributed by atoms with Crippen LogP contribution in [-0.2, 0) is 6.61 Å². The fraction of sp³-hybridized carbons (Fsp3) is 0.593. The monoisotopic (exact) mass is 498 g/mol. The predicted octanol–water partition coefficient (Wildman–Crippen LogP) is 5.52. The molecule has 2 fully saturated rings. The molecule has 7 nitrogen and oxygen atoms in total. The Bertz CT molecular complexity index is 969. The molecular formula is C27H38N4O3S. The zero-order valence-corrected chi connectivity index (χ0v) is 21.7. The third-order valence-electron chi connectivity index (χ3n) is 7.03. The third-order valence-corrected chi connectivity index (χ3v) is 7.86. The number of carbonyl (C=O) groups excluding carboxylic acids is 2. The van der Waals surface area contributed by atoms with Crippen LogP contribution in [0.3, 0.4) is 0 Å². The van der Waals surface area contributed by atoms with Crippen LogP contribution in [0.4, 0.5) is 4.79 Å². The number of nitrogens with zero attached hydrogens (tertiary/aromatic N) is 1. The molecule has 1 heterocycles. The van der Waals surface area contributed by atoms with E-state index in [0.717, 1.165) is 49.3 Å². The zero-order chi connectivity index (χ0) is 24.6. The van der Waals surface area contributed by atoms with E-state index in [1.807, 2.05) is 12.1 Å². The first-order valence-electron chi connectivity index (χ1n) is 13.0. The van der Waals surface area contributed by atoms with Crippen LogP contribution in [0.15, 0.2) is 29.6 Å². The summed E-state index contributed by atoms with van der Waals surface area (Å²) in [5, 5.41) is 11.9. The first-order valence-corrected chi connectivity index (χ1v) is 13.9. The van der Waals surface area contributed by atoms with Gasteiger partial charge in [-0.1, -0.05) is 58.1 Å². The topological polar surface area (TPSA) is 92.3 Å². The normalized spacial score (nSPS) is 20.9. The van der Waals surface area contributed by atoms with Crippen LogP contribution in [-0.4, -0.2) is 35.0 Å². The summed E-state index contributed by atoms with van der Waals surface area (Å²) in [4.78, 5) is 30.0. The van der Waals surface area contributed by atoms with Gasteiger partial charge in [-0.3, -0.25) is 4.79 Å². The van der Waals surface area contributed by atoms with E-state index in [1.54, 1.807) is 5.38 Å². The van der Waals surface area contributed by atoms with Gasteiger partial charge in [-0.2, -0.15) is 0 Å². The molecule has 2 unspecified atom stereocenters. The number of aromatic nitrogens is 1. The van der Waals surface area contributed by atoms with E-state index in [4.69, 9.17) is 4.74 Å². The van der Waals surface area contributed by atoms with Crippen molar-refractivity contribution in [3.63, 3.8) is 0 Å². The smallest absolute Gasteiger partial charge is 0.315 e. The molecule has 1 aromatic carbocycles. The molecule has 8 heteroatoms. The summed E-state index contributed by atoms with van der Waals surface area (Å²) >= 11 is 1.42. The van der Waals surface area contributed by atoms with Gasteiger partial charge in [-0.25, -0.2) is 9.78 Å². The summed E-state index contributed by atoms with van der Waals surface area (Å²) in [5.41, 5.74) is 1.67. The molecule has 1 aromatic heterocycles. The summed E-state index contributed by atoms with van der Waals surface area (Å²) in [6, 6.07) is 8.09. The van der Waals surface area contributed by atoms with Crippen molar-refractivity contribution >= 4 is 23.3 Å². The van der Waals surface area contributed by atoms with Crippen molar-refractivity contribution in [1.82, 2.24) is 20.9 Å². The number of ether oxygens (including phenoxy) is 1. The number of hydrogen-bond acceptors (Lipinski definition) is 5. The number of urea groups is 1. The highest BCUT2D eigenvalue weighted by molar-refractivity contribution is 7.09. The number of hydrogen-bond donors (Lipinski definition) is 3. The number of amides is 3. The van der Waals surface area contributed by atoms with Crippen molar-refractivity contribution in [1.29, 1.82) is 0 Å². The van der Waals surface area contributed by atoms with Crippen LogP contribution in [0.5, 0.6) is 5.75 Å². The Morgan fingerprint density at radius 3 is 2.29 bits per heavy atom. The van der Waals surface area contributed by atoms with Crippen LogP contribution in [0, 0.1) is 0 Å². The third kappa shape index (κ3) is 7.43. The maximum atomic E-state index is 12.9. The minimum absolute atomic E-state index is 0.0634. The lowest BCUT2D eigenvalue weighted by molar-refractivity contribution is 0.0911. The summed E-state index contributed by atoms with van der Waals surface area (Å²) in [7, 11) is 0. The van der Waals surface area contributed by atoms with Crippen molar-refractivity contribution in [2.45, 2.75) is 102 Å². The number of rotatable bonds is 8. The molecular weight excluding hydrogens is 460 g/mol. The van der Waals surface area contributed by atoms with E-state index in [9.17, 15) is 9.59 Å². The molecule has 0 radical (unpaired) electrons. The highest BCUT2D eigenvalue weighted by Crippen LogP contribution is 2.22. The number of carbonyl (C=O) groups is 2. The second-order valence-corrected chi connectivity index (χ2v) is 11.0. The fourth-order valence-electron chi connectivity index (χ4n) is 4.94. The maximum absolute atomic E-state index is 12.9. The molecule has 3 N–H and O–H groups in total. The van der Waals surface area contributed by atoms with Gasteiger partial charge in [0.25, 0.3) is 5.91 Å². The predicted molar refractivity (Wildman–Crippen MR) is 139 cm³/mol. The Morgan fingerprint density at radius 1 is 0.943 bits per heavy atom. The van der Waals surface area contributed by atoms with E-state index < -0.39 is 0 Å². The molecule has 0 aliphatic heterocycles. The summed E-state index contributed by atoms with van der Waals surface area (Å²) in [6.45, 7) is 4.65. The molecule has 190 valence electrons. The minimum atomic E-state index is -0.194. The first kappa shape index (κ1) is 25.5. The lowest BCUT2D eigenvalue weighted by Gasteiger charge is -2.33. The Labute approximate surface area is 212 Å². The Balaban J connectivity index is 1.27. The molecule has 2 saturated carbocycles. The van der Waals surface area contributed by atoms with Gasteiger partial charge in [0, 0.05) is 17.5 Å². The second-order valence-electron chi connectivity index (χ2n) is 10.1. The van der Waals surface area contributed by atoms with E-state index in [-0.39, 0.29) is 30.1 Å². The largest absolute Gasteiger partial charge is 0.486 e. The molecule has 2 atom stereocenters. The van der Waals surface area contributed by atoms with Crippen LogP contribution in [0.25, 0.3) is 0 Å². The molecule has 35 heavy (non-hydrogen) atoms. The Morgan fingerprint density at radius 2 is 1.60 bits per heavy atom. The summed E-state index contributed by atoms with van der Waals surface area (Å²) in [6.07, 6.45) is 9.54. The van der Waals surface area contributed by atoms with E-state index >= 15 is 0 Å². The second kappa shape index (κ2) is 12.4. The van der Waals surface area contributed by atoms with Crippen LogP contribution in [0.2, 0.25) is 0 Å². The minimum Gasteiger partial charge on any atom is -0.486 e. The van der Waals surface area contributed by atoms with Crippen molar-refractivity contribution in [3.05, 3.63) is 45.9 Å². The SMILES string of the molecule is CC(C)c1ccc(OCc2nc(C(=O)NC3CCCCC3NC(=O)NC3CCCCC3)cs2)cc1. The highest BCUT2D eigenvalue weighted by Gasteiger charge is 2.29. The average Bonchev–Trinajstić information content (AvgIpc) is 3.34. The van der Waals surface area contributed by atoms with Crippen LogP contribution >= 0.6 is 11.3 Å². The van der Waals surface area contributed by atoms with Crippen molar-refractivity contribution in [2.75, 3.05) is 0 Å². The van der Waals surface area contributed by atoms with Gasteiger partial charge in [-0.15, -0.1) is 11.3 Å². The molecule has 0 spiro atoms. The number of benzene rings is 1. The molecule has 0 saturated heterocycles. The summed E-state index contributed by atoms with van der Waals surface area (Å²) < 4.78 is 5.85. The van der Waals surface area contributed by atoms with Crippen LogP contribution < -0.4 is 20.7 Å². The molecule has 2 aliphatic rings. The average molecular weight is 499 g/mol. The quantitative estimate of drug-likeness (QED) is 0.447. The van der Waals surface area contributed by atoms with Crippen molar-refractivity contribution < 1.29 is 14.3 Å². The Kier molecular flexibility index (Phi) is 9.01. The van der Waals surface area contributed by atoms with Crippen molar-refractivity contribution in [3.8, 4) is 5.75 Å². The van der Waals surface area contributed by atoms with Gasteiger partial charge < -0.3 is 20.7 Å². The molecule has 0 bridgehead atoms. The first-order chi connectivity index (χ1) is 17.0. The molecule has 3 amide bonds. The van der Waals surface area contributed by atoms with Gasteiger partial charge >= 0.3 is 6.03 Å². The lowest BCUT2D eigenvalue weighted by atomic mass is 9.90. The zero-order valence-electron chi connectivity index (χ0n) is 20.8. The van der Waals surface area contributed by atoms with Gasteiger partial charge in [0.1, 0.15) is 23.1 Å². The fourth-order valence-corrected chi connectivity index (χ4v) is 5.62. The standard InChI is InChI=1S/C27H38N4O3S/c1-18(2)19-12-14-21(15-13-19)34-16-25-29-24(17-35-25)26(32)30-22-10-6-7-11-23(22)31-27(33)28-20-8-4-3-5-9-20/h12-15,17-18,20,22-23H,3-11,16H2,1-2H3,(H,30,32)(H2,28,31,33). The van der Waals surface area contributed by atoms with E-state index in [0.29, 0.717) is 18.2 Å². The lowest BCUT2D eigenvalue weighted by Crippen LogP contribution is -2.56. The number of nitrogens with one attached hydrogen (secondary N) is 3.